The Labute approximate surface area is 113 Å². The van der Waals surface area contributed by atoms with Gasteiger partial charge in [-0.15, -0.1) is 11.6 Å². The fourth-order valence-corrected chi connectivity index (χ4v) is 3.13. The molecule has 0 saturated carbocycles. The van der Waals surface area contributed by atoms with E-state index in [1.807, 2.05) is 12.3 Å². The van der Waals surface area contributed by atoms with Crippen LogP contribution >= 0.6 is 11.6 Å². The fourth-order valence-electron chi connectivity index (χ4n) is 2.81. The van der Waals surface area contributed by atoms with E-state index in [4.69, 9.17) is 11.6 Å². The number of benzene rings is 1. The molecule has 0 N–H and O–H groups in total. The van der Waals surface area contributed by atoms with Crippen molar-refractivity contribution in [2.75, 3.05) is 17.3 Å². The summed E-state index contributed by atoms with van der Waals surface area (Å²) in [4.78, 5) is 6.89. The molecule has 1 aliphatic rings. The standard InChI is InChI=1S/C15H17ClN2/c16-11-12-5-3-4-10-18(12)15-8-9-17-14-7-2-1-6-13(14)15/h1-2,6-9,12H,3-5,10-11H2. The number of anilines is 1. The lowest BCUT2D eigenvalue weighted by Gasteiger charge is -2.37. The van der Waals surface area contributed by atoms with Gasteiger partial charge in [0.1, 0.15) is 0 Å². The molecule has 0 amide bonds. The third-order valence-corrected chi connectivity index (χ3v) is 4.10. The molecule has 1 aromatic carbocycles. The molecule has 1 atom stereocenters. The van der Waals surface area contributed by atoms with Gasteiger partial charge in [0.05, 0.1) is 5.52 Å². The van der Waals surface area contributed by atoms with E-state index in [0.717, 1.165) is 12.1 Å². The van der Waals surface area contributed by atoms with E-state index in [2.05, 4.69) is 34.1 Å². The lowest BCUT2D eigenvalue weighted by atomic mass is 10.0. The zero-order valence-corrected chi connectivity index (χ0v) is 11.1. The number of aromatic nitrogens is 1. The van der Waals surface area contributed by atoms with Crippen LogP contribution in [0.5, 0.6) is 0 Å². The first-order valence-electron chi connectivity index (χ1n) is 6.56. The van der Waals surface area contributed by atoms with Gasteiger partial charge in [0.25, 0.3) is 0 Å². The summed E-state index contributed by atoms with van der Waals surface area (Å²) in [5, 5.41) is 1.23. The molecular formula is C15H17ClN2. The number of rotatable bonds is 2. The van der Waals surface area contributed by atoms with Crippen molar-refractivity contribution in [2.24, 2.45) is 0 Å². The molecule has 0 aliphatic carbocycles. The predicted molar refractivity (Wildman–Crippen MR) is 77.4 cm³/mol. The number of hydrogen-bond donors (Lipinski definition) is 0. The Balaban J connectivity index is 2.07. The van der Waals surface area contributed by atoms with Gasteiger partial charge in [0.15, 0.2) is 0 Å². The molecule has 94 valence electrons. The molecule has 3 rings (SSSR count). The zero-order valence-electron chi connectivity index (χ0n) is 10.3. The van der Waals surface area contributed by atoms with Gasteiger partial charge in [0.2, 0.25) is 0 Å². The van der Waals surface area contributed by atoms with Crippen LogP contribution in [0.3, 0.4) is 0 Å². The second kappa shape index (κ2) is 5.15. The van der Waals surface area contributed by atoms with Crippen LogP contribution in [-0.4, -0.2) is 23.5 Å². The lowest BCUT2D eigenvalue weighted by molar-refractivity contribution is 0.489. The summed E-state index contributed by atoms with van der Waals surface area (Å²) in [5.41, 5.74) is 2.35. The Morgan fingerprint density at radius 3 is 3.00 bits per heavy atom. The normalized spacial score (nSPS) is 20.3. The minimum absolute atomic E-state index is 0.464. The topological polar surface area (TPSA) is 16.1 Å². The molecule has 3 heteroatoms. The van der Waals surface area contributed by atoms with Crippen LogP contribution < -0.4 is 4.90 Å². The van der Waals surface area contributed by atoms with Crippen LogP contribution in [0.25, 0.3) is 10.9 Å². The number of fused-ring (bicyclic) bond motifs is 1. The van der Waals surface area contributed by atoms with Crippen molar-refractivity contribution >= 4 is 28.2 Å². The van der Waals surface area contributed by atoms with Gasteiger partial charge in [-0.2, -0.15) is 0 Å². The predicted octanol–water partition coefficient (Wildman–Crippen LogP) is 3.83. The molecule has 2 aromatic rings. The Morgan fingerprint density at radius 1 is 1.22 bits per heavy atom. The number of para-hydroxylation sites is 1. The summed E-state index contributed by atoms with van der Waals surface area (Å²) in [6.07, 6.45) is 5.64. The summed E-state index contributed by atoms with van der Waals surface area (Å²) in [7, 11) is 0. The van der Waals surface area contributed by atoms with E-state index in [1.165, 1.54) is 30.3 Å². The lowest BCUT2D eigenvalue weighted by Crippen LogP contribution is -2.40. The maximum atomic E-state index is 6.12. The first-order valence-corrected chi connectivity index (χ1v) is 7.10. The SMILES string of the molecule is ClCC1CCCCN1c1ccnc2ccccc12. The van der Waals surface area contributed by atoms with Crippen molar-refractivity contribution in [2.45, 2.75) is 25.3 Å². The third kappa shape index (κ3) is 2.05. The molecule has 2 nitrogen and oxygen atoms in total. The molecule has 1 fully saturated rings. The summed E-state index contributed by atoms with van der Waals surface area (Å²) < 4.78 is 0. The van der Waals surface area contributed by atoms with Crippen LogP contribution in [0, 0.1) is 0 Å². The second-order valence-electron chi connectivity index (χ2n) is 4.84. The smallest absolute Gasteiger partial charge is 0.0722 e. The van der Waals surface area contributed by atoms with E-state index in [9.17, 15) is 0 Å². The molecular weight excluding hydrogens is 244 g/mol. The highest BCUT2D eigenvalue weighted by molar-refractivity contribution is 6.18. The highest BCUT2D eigenvalue weighted by atomic mass is 35.5. The van der Waals surface area contributed by atoms with Gasteiger partial charge in [-0.1, -0.05) is 18.2 Å². The van der Waals surface area contributed by atoms with Gasteiger partial charge < -0.3 is 4.90 Å². The Bertz CT molecular complexity index is 536. The second-order valence-corrected chi connectivity index (χ2v) is 5.15. The molecule has 1 saturated heterocycles. The van der Waals surface area contributed by atoms with Crippen LogP contribution in [0.15, 0.2) is 36.5 Å². The fraction of sp³-hybridized carbons (Fsp3) is 0.400. The van der Waals surface area contributed by atoms with Gasteiger partial charge >= 0.3 is 0 Å². The average Bonchev–Trinajstić information content (AvgIpc) is 2.46. The molecule has 1 unspecified atom stereocenters. The van der Waals surface area contributed by atoms with Crippen molar-refractivity contribution in [3.05, 3.63) is 36.5 Å². The number of nitrogens with zero attached hydrogens (tertiary/aromatic N) is 2. The van der Waals surface area contributed by atoms with Crippen LogP contribution in [-0.2, 0) is 0 Å². The van der Waals surface area contributed by atoms with Gasteiger partial charge in [-0.3, -0.25) is 4.98 Å². The van der Waals surface area contributed by atoms with Crippen molar-refractivity contribution in [1.82, 2.24) is 4.98 Å². The average molecular weight is 261 g/mol. The van der Waals surface area contributed by atoms with E-state index in [-0.39, 0.29) is 0 Å². The minimum atomic E-state index is 0.464. The summed E-state index contributed by atoms with van der Waals surface area (Å²) >= 11 is 6.12. The molecule has 18 heavy (non-hydrogen) atoms. The van der Waals surface area contributed by atoms with E-state index >= 15 is 0 Å². The number of alkyl halides is 1. The van der Waals surface area contributed by atoms with Gasteiger partial charge in [0, 0.05) is 35.7 Å². The van der Waals surface area contributed by atoms with E-state index in [1.54, 1.807) is 0 Å². The number of halogens is 1. The highest BCUT2D eigenvalue weighted by Crippen LogP contribution is 2.30. The number of piperidine rings is 1. The summed E-state index contributed by atoms with van der Waals surface area (Å²) in [6, 6.07) is 10.9. The first-order chi connectivity index (χ1) is 8.90. The number of hydrogen-bond acceptors (Lipinski definition) is 2. The minimum Gasteiger partial charge on any atom is -0.367 e. The molecule has 0 spiro atoms. The molecule has 1 aliphatic heterocycles. The van der Waals surface area contributed by atoms with Crippen molar-refractivity contribution in [3.8, 4) is 0 Å². The number of pyridine rings is 1. The molecule has 2 heterocycles. The Morgan fingerprint density at radius 2 is 2.11 bits per heavy atom. The Hall–Kier alpha value is -1.28. The van der Waals surface area contributed by atoms with Crippen LogP contribution in [0.2, 0.25) is 0 Å². The van der Waals surface area contributed by atoms with Gasteiger partial charge in [-0.25, -0.2) is 0 Å². The maximum absolute atomic E-state index is 6.12. The first kappa shape index (κ1) is 11.8. The van der Waals surface area contributed by atoms with E-state index < -0.39 is 0 Å². The monoisotopic (exact) mass is 260 g/mol. The molecule has 0 radical (unpaired) electrons. The largest absolute Gasteiger partial charge is 0.367 e. The maximum Gasteiger partial charge on any atom is 0.0722 e. The Kier molecular flexibility index (Phi) is 3.37. The van der Waals surface area contributed by atoms with Crippen LogP contribution in [0.1, 0.15) is 19.3 Å². The quantitative estimate of drug-likeness (QED) is 0.763. The van der Waals surface area contributed by atoms with Crippen LogP contribution in [0.4, 0.5) is 5.69 Å². The summed E-state index contributed by atoms with van der Waals surface area (Å²) in [6.45, 7) is 1.10. The molecule has 0 bridgehead atoms. The molecule has 1 aromatic heterocycles. The summed E-state index contributed by atoms with van der Waals surface area (Å²) in [5.74, 6) is 0.705. The van der Waals surface area contributed by atoms with Gasteiger partial charge in [-0.05, 0) is 31.4 Å². The van der Waals surface area contributed by atoms with Crippen molar-refractivity contribution in [1.29, 1.82) is 0 Å². The highest BCUT2D eigenvalue weighted by Gasteiger charge is 2.23. The van der Waals surface area contributed by atoms with Crippen molar-refractivity contribution < 1.29 is 0 Å². The third-order valence-electron chi connectivity index (χ3n) is 3.74. The zero-order chi connectivity index (χ0) is 12.4. The van der Waals surface area contributed by atoms with E-state index in [0.29, 0.717) is 11.9 Å². The van der Waals surface area contributed by atoms with Crippen molar-refractivity contribution in [3.63, 3.8) is 0 Å².